The minimum Gasteiger partial charge on any atom is -0.270 e. The Balaban J connectivity index is 2.17. The van der Waals surface area contributed by atoms with Gasteiger partial charge in [0, 0.05) is 18.0 Å². The van der Waals surface area contributed by atoms with Gasteiger partial charge in [0.2, 0.25) is 0 Å². The SMILES string of the molecule is Cc1nnc2ncc(-c3ccc(F)cc3)cn12. The molecule has 0 radical (unpaired) electrons. The fourth-order valence-electron chi connectivity index (χ4n) is 1.69. The molecule has 0 bridgehead atoms. The summed E-state index contributed by atoms with van der Waals surface area (Å²) in [6.07, 6.45) is 3.60. The molecule has 0 unspecified atom stereocenters. The summed E-state index contributed by atoms with van der Waals surface area (Å²) in [5.74, 6) is 1.09. The van der Waals surface area contributed by atoms with Crippen molar-refractivity contribution in [3.05, 3.63) is 48.3 Å². The summed E-state index contributed by atoms with van der Waals surface area (Å²) in [5, 5.41) is 7.84. The smallest absolute Gasteiger partial charge is 0.254 e. The van der Waals surface area contributed by atoms with Crippen LogP contribution < -0.4 is 0 Å². The number of rotatable bonds is 1. The lowest BCUT2D eigenvalue weighted by atomic mass is 10.1. The van der Waals surface area contributed by atoms with Crippen molar-refractivity contribution in [1.82, 2.24) is 19.6 Å². The summed E-state index contributed by atoms with van der Waals surface area (Å²) in [4.78, 5) is 4.20. The fourth-order valence-corrected chi connectivity index (χ4v) is 1.69. The average Bonchev–Trinajstić information content (AvgIpc) is 2.72. The Hall–Kier alpha value is -2.30. The normalized spacial score (nSPS) is 10.9. The molecule has 4 nitrogen and oxygen atoms in total. The summed E-state index contributed by atoms with van der Waals surface area (Å²) in [6.45, 7) is 1.86. The van der Waals surface area contributed by atoms with Crippen molar-refractivity contribution in [3.63, 3.8) is 0 Å². The molecule has 0 spiro atoms. The number of benzene rings is 1. The predicted molar refractivity (Wildman–Crippen MR) is 60.9 cm³/mol. The van der Waals surface area contributed by atoms with E-state index in [9.17, 15) is 4.39 Å². The van der Waals surface area contributed by atoms with Gasteiger partial charge in [0.1, 0.15) is 11.6 Å². The van der Waals surface area contributed by atoms with Gasteiger partial charge >= 0.3 is 0 Å². The first-order valence-corrected chi connectivity index (χ1v) is 5.17. The number of aromatic nitrogens is 4. The van der Waals surface area contributed by atoms with E-state index in [-0.39, 0.29) is 5.82 Å². The quantitative estimate of drug-likeness (QED) is 0.641. The number of nitrogens with zero attached hydrogens (tertiary/aromatic N) is 4. The molecule has 0 saturated heterocycles. The van der Waals surface area contributed by atoms with Gasteiger partial charge in [-0.15, -0.1) is 10.2 Å². The summed E-state index contributed by atoms with van der Waals surface area (Å²) in [7, 11) is 0. The molecule has 17 heavy (non-hydrogen) atoms. The second kappa shape index (κ2) is 3.62. The zero-order chi connectivity index (χ0) is 11.8. The van der Waals surface area contributed by atoms with Gasteiger partial charge in [-0.3, -0.25) is 4.40 Å². The Bertz CT molecular complexity index is 673. The third-order valence-electron chi connectivity index (χ3n) is 2.61. The van der Waals surface area contributed by atoms with Crippen LogP contribution in [0.15, 0.2) is 36.7 Å². The maximum absolute atomic E-state index is 12.8. The number of aryl methyl sites for hydroxylation is 1. The summed E-state index contributed by atoms with van der Waals surface area (Å²) in [5.41, 5.74) is 1.81. The van der Waals surface area contributed by atoms with Crippen LogP contribution in [-0.2, 0) is 0 Å². The highest BCUT2D eigenvalue weighted by Crippen LogP contribution is 2.19. The second-order valence-corrected chi connectivity index (χ2v) is 3.77. The first-order chi connectivity index (χ1) is 8.24. The molecule has 0 amide bonds. The van der Waals surface area contributed by atoms with Gasteiger partial charge in [0.25, 0.3) is 5.78 Å². The molecule has 0 aliphatic heterocycles. The molecule has 0 N–H and O–H groups in total. The van der Waals surface area contributed by atoms with Crippen molar-refractivity contribution in [2.24, 2.45) is 0 Å². The van der Waals surface area contributed by atoms with Gasteiger partial charge in [-0.05, 0) is 24.6 Å². The molecule has 84 valence electrons. The highest BCUT2D eigenvalue weighted by atomic mass is 19.1. The van der Waals surface area contributed by atoms with Gasteiger partial charge < -0.3 is 0 Å². The second-order valence-electron chi connectivity index (χ2n) is 3.77. The van der Waals surface area contributed by atoms with E-state index < -0.39 is 0 Å². The van der Waals surface area contributed by atoms with E-state index >= 15 is 0 Å². The molecular weight excluding hydrogens is 219 g/mol. The van der Waals surface area contributed by atoms with Crippen LogP contribution in [-0.4, -0.2) is 19.6 Å². The first kappa shape index (κ1) is 9.89. The van der Waals surface area contributed by atoms with Crippen molar-refractivity contribution >= 4 is 5.78 Å². The molecule has 5 heteroatoms. The Morgan fingerprint density at radius 1 is 1.06 bits per heavy atom. The molecule has 0 saturated carbocycles. The van der Waals surface area contributed by atoms with E-state index in [2.05, 4.69) is 15.2 Å². The van der Waals surface area contributed by atoms with E-state index in [0.717, 1.165) is 17.0 Å². The van der Waals surface area contributed by atoms with Crippen LogP contribution in [0.1, 0.15) is 5.82 Å². The van der Waals surface area contributed by atoms with E-state index in [4.69, 9.17) is 0 Å². The Kier molecular flexibility index (Phi) is 2.11. The summed E-state index contributed by atoms with van der Waals surface area (Å²) < 4.78 is 14.6. The zero-order valence-electron chi connectivity index (χ0n) is 9.13. The first-order valence-electron chi connectivity index (χ1n) is 5.17. The molecule has 3 rings (SSSR count). The van der Waals surface area contributed by atoms with Gasteiger partial charge in [-0.2, -0.15) is 0 Å². The molecule has 2 aromatic heterocycles. The molecular formula is C12H9FN4. The molecule has 0 aliphatic rings. The molecule has 0 aliphatic carbocycles. The van der Waals surface area contributed by atoms with Crippen LogP contribution in [0.2, 0.25) is 0 Å². The number of hydrogen-bond donors (Lipinski definition) is 0. The lowest BCUT2D eigenvalue weighted by Gasteiger charge is -2.02. The molecule has 0 fully saturated rings. The molecule has 2 heterocycles. The predicted octanol–water partition coefficient (Wildman–Crippen LogP) is 2.24. The lowest BCUT2D eigenvalue weighted by molar-refractivity contribution is 0.628. The maximum atomic E-state index is 12.8. The standard InChI is InChI=1S/C12H9FN4/c1-8-15-16-12-14-6-10(7-17(8)12)9-2-4-11(13)5-3-9/h2-7H,1H3. The van der Waals surface area contributed by atoms with Gasteiger partial charge in [-0.25, -0.2) is 9.37 Å². The van der Waals surface area contributed by atoms with Crippen LogP contribution >= 0.6 is 0 Å². The van der Waals surface area contributed by atoms with Gasteiger partial charge in [-0.1, -0.05) is 12.1 Å². The largest absolute Gasteiger partial charge is 0.270 e. The minimum atomic E-state index is -0.247. The minimum absolute atomic E-state index is 0.247. The number of halogens is 1. The van der Waals surface area contributed by atoms with Crippen LogP contribution in [0, 0.1) is 12.7 Å². The maximum Gasteiger partial charge on any atom is 0.254 e. The molecule has 1 aromatic carbocycles. The third kappa shape index (κ3) is 1.65. The fraction of sp³-hybridized carbons (Fsp3) is 0.0833. The van der Waals surface area contributed by atoms with Crippen molar-refractivity contribution in [1.29, 1.82) is 0 Å². The van der Waals surface area contributed by atoms with Crippen LogP contribution in [0.5, 0.6) is 0 Å². The monoisotopic (exact) mass is 228 g/mol. The van der Waals surface area contributed by atoms with Crippen LogP contribution in [0.25, 0.3) is 16.9 Å². The number of fused-ring (bicyclic) bond motifs is 1. The van der Waals surface area contributed by atoms with Crippen molar-refractivity contribution in [2.45, 2.75) is 6.92 Å². The van der Waals surface area contributed by atoms with Gasteiger partial charge in [0.15, 0.2) is 0 Å². The third-order valence-corrected chi connectivity index (χ3v) is 2.61. The van der Waals surface area contributed by atoms with E-state index in [1.54, 1.807) is 22.7 Å². The van der Waals surface area contributed by atoms with Gasteiger partial charge in [0.05, 0.1) is 0 Å². The van der Waals surface area contributed by atoms with E-state index in [1.165, 1.54) is 12.1 Å². The molecule has 0 atom stereocenters. The zero-order valence-corrected chi connectivity index (χ0v) is 9.13. The van der Waals surface area contributed by atoms with Crippen LogP contribution in [0.4, 0.5) is 4.39 Å². The average molecular weight is 228 g/mol. The highest BCUT2D eigenvalue weighted by Gasteiger charge is 2.04. The Labute approximate surface area is 96.8 Å². The Morgan fingerprint density at radius 2 is 1.82 bits per heavy atom. The number of hydrogen-bond acceptors (Lipinski definition) is 3. The summed E-state index contributed by atoms with van der Waals surface area (Å²) in [6, 6.07) is 6.30. The van der Waals surface area contributed by atoms with Crippen molar-refractivity contribution < 1.29 is 4.39 Å². The van der Waals surface area contributed by atoms with E-state index in [1.807, 2.05) is 13.1 Å². The highest BCUT2D eigenvalue weighted by molar-refractivity contribution is 5.62. The van der Waals surface area contributed by atoms with E-state index in [0.29, 0.717) is 5.78 Å². The summed E-state index contributed by atoms with van der Waals surface area (Å²) >= 11 is 0. The topological polar surface area (TPSA) is 43.1 Å². The Morgan fingerprint density at radius 3 is 2.59 bits per heavy atom. The molecule has 3 aromatic rings. The van der Waals surface area contributed by atoms with Crippen molar-refractivity contribution in [3.8, 4) is 11.1 Å². The lowest BCUT2D eigenvalue weighted by Crippen LogP contribution is -1.92. The van der Waals surface area contributed by atoms with Crippen molar-refractivity contribution in [2.75, 3.05) is 0 Å². The van der Waals surface area contributed by atoms with Crippen LogP contribution in [0.3, 0.4) is 0 Å².